The molecule has 3 nitrogen and oxygen atoms in total. The van der Waals surface area contributed by atoms with Crippen LogP contribution in [0.4, 0.5) is 0 Å². The molecule has 1 N–H and O–H groups in total. The van der Waals surface area contributed by atoms with Crippen LogP contribution in [-0.4, -0.2) is 18.2 Å². The Kier molecular flexibility index (Phi) is 4.18. The van der Waals surface area contributed by atoms with Crippen LogP contribution in [0.25, 0.3) is 0 Å². The van der Waals surface area contributed by atoms with E-state index in [-0.39, 0.29) is 0 Å². The number of carbonyl (C=O) groups excluding carboxylic acids is 2. The van der Waals surface area contributed by atoms with Crippen molar-refractivity contribution < 1.29 is 9.59 Å². The number of allylic oxidation sites excluding steroid dienone is 1. The molecule has 0 aromatic rings. The Morgan fingerprint density at radius 3 is 2.27 bits per heavy atom. The van der Waals surface area contributed by atoms with Gasteiger partial charge in [0.2, 0.25) is 5.78 Å². The molecule has 0 aliphatic heterocycles. The van der Waals surface area contributed by atoms with Crippen molar-refractivity contribution in [2.45, 2.75) is 20.8 Å². The third kappa shape index (κ3) is 4.31. The average Bonchev–Trinajstić information content (AvgIpc) is 1.86. The lowest BCUT2D eigenvalue weighted by atomic mass is 10.2. The number of likely N-dealkylation sites (N-methyl/N-ethyl adjacent to an activating group) is 1. The van der Waals surface area contributed by atoms with Gasteiger partial charge in [0.15, 0.2) is 0 Å². The maximum atomic E-state index is 10.9. The lowest BCUT2D eigenvalue weighted by Crippen LogP contribution is -2.29. The Balaban J connectivity index is 4.05. The van der Waals surface area contributed by atoms with Crippen LogP contribution < -0.4 is 5.32 Å². The zero-order valence-electron chi connectivity index (χ0n) is 7.10. The van der Waals surface area contributed by atoms with Gasteiger partial charge < -0.3 is 5.32 Å². The van der Waals surface area contributed by atoms with Crippen molar-refractivity contribution in [2.24, 2.45) is 0 Å². The maximum absolute atomic E-state index is 10.9. The molecule has 0 saturated heterocycles. The van der Waals surface area contributed by atoms with Crippen molar-refractivity contribution in [3.8, 4) is 0 Å². The molecular weight excluding hydrogens is 142 g/mol. The van der Waals surface area contributed by atoms with Gasteiger partial charge in [0.05, 0.1) is 0 Å². The standard InChI is InChI=1S/C8H13NO2/c1-4-9-8(11)7(10)5-6(2)3/h5H,4H2,1-3H3,(H,9,11). The first-order chi connectivity index (χ1) is 5.07. The number of rotatable bonds is 3. The molecule has 0 radical (unpaired) electrons. The van der Waals surface area contributed by atoms with Crippen molar-refractivity contribution in [3.63, 3.8) is 0 Å². The van der Waals surface area contributed by atoms with Crippen LogP contribution in [0.2, 0.25) is 0 Å². The van der Waals surface area contributed by atoms with E-state index in [1.165, 1.54) is 6.08 Å². The highest BCUT2D eigenvalue weighted by Crippen LogP contribution is 1.88. The third-order valence-corrected chi connectivity index (χ3v) is 0.981. The fourth-order valence-electron chi connectivity index (χ4n) is 0.575. The van der Waals surface area contributed by atoms with Gasteiger partial charge in [0.1, 0.15) is 0 Å². The molecular formula is C8H13NO2. The molecule has 62 valence electrons. The first-order valence-electron chi connectivity index (χ1n) is 3.55. The average molecular weight is 155 g/mol. The number of hydrogen-bond donors (Lipinski definition) is 1. The fraction of sp³-hybridized carbons (Fsp3) is 0.500. The fourth-order valence-corrected chi connectivity index (χ4v) is 0.575. The largest absolute Gasteiger partial charge is 0.349 e. The highest BCUT2D eigenvalue weighted by Gasteiger charge is 2.07. The van der Waals surface area contributed by atoms with Gasteiger partial charge in [0.25, 0.3) is 5.91 Å². The molecule has 0 aromatic carbocycles. The molecule has 0 saturated carbocycles. The van der Waals surface area contributed by atoms with E-state index in [0.717, 1.165) is 5.57 Å². The lowest BCUT2D eigenvalue weighted by molar-refractivity contribution is -0.135. The molecule has 3 heteroatoms. The molecule has 0 atom stereocenters. The second kappa shape index (κ2) is 4.66. The van der Waals surface area contributed by atoms with Crippen molar-refractivity contribution in [3.05, 3.63) is 11.6 Å². The summed E-state index contributed by atoms with van der Waals surface area (Å²) in [4.78, 5) is 21.6. The predicted octanol–water partition coefficient (Wildman–Crippen LogP) is 0.658. The zero-order chi connectivity index (χ0) is 8.85. The van der Waals surface area contributed by atoms with Gasteiger partial charge in [-0.3, -0.25) is 9.59 Å². The lowest BCUT2D eigenvalue weighted by Gasteiger charge is -1.96. The van der Waals surface area contributed by atoms with Crippen molar-refractivity contribution in [1.82, 2.24) is 5.32 Å². The quantitative estimate of drug-likeness (QED) is 0.480. The molecule has 0 unspecified atom stereocenters. The SMILES string of the molecule is CCNC(=O)C(=O)C=C(C)C. The van der Waals surface area contributed by atoms with E-state index in [1.807, 2.05) is 0 Å². The van der Waals surface area contributed by atoms with Crippen LogP contribution >= 0.6 is 0 Å². The van der Waals surface area contributed by atoms with E-state index in [0.29, 0.717) is 6.54 Å². The van der Waals surface area contributed by atoms with E-state index in [2.05, 4.69) is 5.32 Å². The van der Waals surface area contributed by atoms with Crippen LogP contribution in [0, 0.1) is 0 Å². The van der Waals surface area contributed by atoms with Crippen LogP contribution in [0.15, 0.2) is 11.6 Å². The van der Waals surface area contributed by atoms with Gasteiger partial charge in [-0.25, -0.2) is 0 Å². The summed E-state index contributed by atoms with van der Waals surface area (Å²) < 4.78 is 0. The zero-order valence-corrected chi connectivity index (χ0v) is 7.10. The van der Waals surface area contributed by atoms with Gasteiger partial charge >= 0.3 is 0 Å². The molecule has 11 heavy (non-hydrogen) atoms. The van der Waals surface area contributed by atoms with Gasteiger partial charge in [-0.05, 0) is 26.8 Å². The minimum atomic E-state index is -0.534. The van der Waals surface area contributed by atoms with E-state index < -0.39 is 11.7 Å². The monoisotopic (exact) mass is 155 g/mol. The summed E-state index contributed by atoms with van der Waals surface area (Å²) in [5.41, 5.74) is 0.834. The van der Waals surface area contributed by atoms with Gasteiger partial charge in [-0.1, -0.05) is 5.57 Å². The van der Waals surface area contributed by atoms with E-state index in [4.69, 9.17) is 0 Å². The molecule has 1 amide bonds. The molecule has 0 aromatic heterocycles. The maximum Gasteiger partial charge on any atom is 0.291 e. The van der Waals surface area contributed by atoms with Gasteiger partial charge in [0, 0.05) is 6.54 Å². The first kappa shape index (κ1) is 9.88. The second-order valence-corrected chi connectivity index (χ2v) is 2.45. The number of hydrogen-bond acceptors (Lipinski definition) is 2. The number of ketones is 1. The molecule has 0 fully saturated rings. The van der Waals surface area contributed by atoms with E-state index >= 15 is 0 Å². The van der Waals surface area contributed by atoms with Crippen molar-refractivity contribution in [2.75, 3.05) is 6.54 Å². The van der Waals surface area contributed by atoms with E-state index in [9.17, 15) is 9.59 Å². The summed E-state index contributed by atoms with van der Waals surface area (Å²) in [5.74, 6) is -1.01. The van der Waals surface area contributed by atoms with Crippen LogP contribution in [0.3, 0.4) is 0 Å². The summed E-state index contributed by atoms with van der Waals surface area (Å²) >= 11 is 0. The van der Waals surface area contributed by atoms with Crippen LogP contribution in [0.5, 0.6) is 0 Å². The molecule has 0 aliphatic rings. The normalized spacial score (nSPS) is 8.64. The van der Waals surface area contributed by atoms with Crippen molar-refractivity contribution >= 4 is 11.7 Å². The summed E-state index contributed by atoms with van der Waals surface area (Å²) in [7, 11) is 0. The van der Waals surface area contributed by atoms with Gasteiger partial charge in [-0.2, -0.15) is 0 Å². The third-order valence-electron chi connectivity index (χ3n) is 0.981. The summed E-state index contributed by atoms with van der Waals surface area (Å²) in [6.07, 6.45) is 1.32. The Labute approximate surface area is 66.5 Å². The second-order valence-electron chi connectivity index (χ2n) is 2.45. The summed E-state index contributed by atoms with van der Waals surface area (Å²) in [6.45, 7) is 5.81. The highest BCUT2D eigenvalue weighted by molar-refractivity contribution is 6.40. The molecule has 0 rings (SSSR count). The summed E-state index contributed by atoms with van der Waals surface area (Å²) in [5, 5.41) is 2.42. The number of carbonyl (C=O) groups is 2. The molecule has 0 bridgehead atoms. The van der Waals surface area contributed by atoms with Crippen LogP contribution in [-0.2, 0) is 9.59 Å². The topological polar surface area (TPSA) is 46.2 Å². The highest BCUT2D eigenvalue weighted by atomic mass is 16.2. The number of nitrogens with one attached hydrogen (secondary N) is 1. The predicted molar refractivity (Wildman–Crippen MR) is 43.1 cm³/mol. The minimum absolute atomic E-state index is 0.480. The smallest absolute Gasteiger partial charge is 0.291 e. The first-order valence-corrected chi connectivity index (χ1v) is 3.55. The van der Waals surface area contributed by atoms with Gasteiger partial charge in [-0.15, -0.1) is 0 Å². The molecule has 0 heterocycles. The number of amides is 1. The van der Waals surface area contributed by atoms with E-state index in [1.54, 1.807) is 20.8 Å². The molecule has 0 aliphatic carbocycles. The Morgan fingerprint density at radius 2 is 1.91 bits per heavy atom. The Bertz CT molecular complexity index is 190. The molecule has 0 spiro atoms. The minimum Gasteiger partial charge on any atom is -0.349 e. The van der Waals surface area contributed by atoms with Crippen LogP contribution in [0.1, 0.15) is 20.8 Å². The summed E-state index contributed by atoms with van der Waals surface area (Å²) in [6, 6.07) is 0. The van der Waals surface area contributed by atoms with Crippen molar-refractivity contribution in [1.29, 1.82) is 0 Å². The Hall–Kier alpha value is -1.12. The Morgan fingerprint density at radius 1 is 1.36 bits per heavy atom.